The summed E-state index contributed by atoms with van der Waals surface area (Å²) in [7, 11) is 0. The monoisotopic (exact) mass is 202 g/mol. The van der Waals surface area contributed by atoms with Crippen molar-refractivity contribution >= 4 is 11.5 Å². The second kappa shape index (κ2) is 3.77. The molecule has 3 N–H and O–H groups in total. The summed E-state index contributed by atoms with van der Waals surface area (Å²) in [6.45, 7) is 2.23. The van der Waals surface area contributed by atoms with E-state index < -0.39 is 0 Å². The average molecular weight is 202 g/mol. The normalized spacial score (nSPS) is 24.0. The molecule has 0 unspecified atom stereocenters. The molecule has 1 aliphatic carbocycles. The van der Waals surface area contributed by atoms with Gasteiger partial charge in [-0.15, -0.1) is 0 Å². The van der Waals surface area contributed by atoms with Crippen molar-refractivity contribution in [1.82, 2.24) is 4.98 Å². The first kappa shape index (κ1) is 9.78. The van der Waals surface area contributed by atoms with Gasteiger partial charge in [-0.25, -0.2) is 4.98 Å². The van der Waals surface area contributed by atoms with E-state index in [1.165, 1.54) is 12.8 Å². The van der Waals surface area contributed by atoms with Gasteiger partial charge in [0, 0.05) is 6.04 Å². The smallest absolute Gasteiger partial charge is 0.165 e. The largest absolute Gasteiger partial charge is 0.396 e. The number of aromatic nitrogens is 1. The van der Waals surface area contributed by atoms with Gasteiger partial charge in [-0.05, 0) is 30.9 Å². The Bertz CT molecular complexity index is 402. The Hall–Kier alpha value is -1.76. The van der Waals surface area contributed by atoms with Gasteiger partial charge in [0.1, 0.15) is 11.9 Å². The molecule has 1 aromatic heterocycles. The number of nitrogens with one attached hydrogen (secondary N) is 1. The maximum Gasteiger partial charge on any atom is 0.165 e. The highest BCUT2D eigenvalue weighted by molar-refractivity contribution is 5.54. The van der Waals surface area contributed by atoms with Crippen molar-refractivity contribution in [2.45, 2.75) is 25.8 Å². The van der Waals surface area contributed by atoms with Crippen molar-refractivity contribution in [2.75, 3.05) is 11.1 Å². The summed E-state index contributed by atoms with van der Waals surface area (Å²) in [6.07, 6.45) is 2.35. The number of hydrogen-bond donors (Lipinski definition) is 2. The molecule has 15 heavy (non-hydrogen) atoms. The lowest BCUT2D eigenvalue weighted by Crippen LogP contribution is -2.34. The molecule has 78 valence electrons. The van der Waals surface area contributed by atoms with Crippen LogP contribution in [0.5, 0.6) is 0 Å². The van der Waals surface area contributed by atoms with Crippen LogP contribution in [0.1, 0.15) is 25.5 Å². The molecular formula is C11H14N4. The summed E-state index contributed by atoms with van der Waals surface area (Å²) in [5, 5.41) is 12.1. The lowest BCUT2D eigenvalue weighted by Gasteiger charge is -2.33. The molecule has 4 heteroatoms. The number of nitrogens with two attached hydrogens (primary N) is 1. The third-order valence-electron chi connectivity index (χ3n) is 2.76. The van der Waals surface area contributed by atoms with Crippen molar-refractivity contribution in [3.8, 4) is 6.07 Å². The third-order valence-corrected chi connectivity index (χ3v) is 2.76. The molecule has 1 saturated carbocycles. The highest BCUT2D eigenvalue weighted by atomic mass is 15.0. The van der Waals surface area contributed by atoms with Gasteiger partial charge in [-0.1, -0.05) is 6.92 Å². The van der Waals surface area contributed by atoms with Gasteiger partial charge in [0.25, 0.3) is 0 Å². The van der Waals surface area contributed by atoms with E-state index in [4.69, 9.17) is 11.0 Å². The number of anilines is 2. The quantitative estimate of drug-likeness (QED) is 0.766. The number of pyridine rings is 1. The van der Waals surface area contributed by atoms with Crippen LogP contribution in [0.4, 0.5) is 11.5 Å². The van der Waals surface area contributed by atoms with E-state index in [9.17, 15) is 0 Å². The van der Waals surface area contributed by atoms with Gasteiger partial charge in [0.15, 0.2) is 5.69 Å². The van der Waals surface area contributed by atoms with Crippen molar-refractivity contribution in [2.24, 2.45) is 5.92 Å². The zero-order chi connectivity index (χ0) is 10.8. The standard InChI is InChI=1S/C11H14N4/c1-7-4-8(5-7)14-11-3-2-9(13)10(6-12)15-11/h2-3,7-8H,4-5,13H2,1H3,(H,14,15). The molecule has 1 fully saturated rings. The zero-order valence-corrected chi connectivity index (χ0v) is 8.70. The molecule has 0 amide bonds. The first-order valence-electron chi connectivity index (χ1n) is 5.12. The maximum atomic E-state index is 8.77. The van der Waals surface area contributed by atoms with Crippen molar-refractivity contribution in [3.63, 3.8) is 0 Å². The van der Waals surface area contributed by atoms with Crippen LogP contribution in [0.15, 0.2) is 12.1 Å². The first-order valence-corrected chi connectivity index (χ1v) is 5.12. The predicted molar refractivity (Wildman–Crippen MR) is 59.2 cm³/mol. The van der Waals surface area contributed by atoms with E-state index in [1.54, 1.807) is 6.07 Å². The predicted octanol–water partition coefficient (Wildman–Crippen LogP) is 1.75. The Morgan fingerprint density at radius 2 is 2.27 bits per heavy atom. The fraction of sp³-hybridized carbons (Fsp3) is 0.455. The number of nitrogen functional groups attached to an aromatic ring is 1. The first-order chi connectivity index (χ1) is 7.19. The molecule has 1 aliphatic rings. The van der Waals surface area contributed by atoms with Gasteiger partial charge < -0.3 is 11.1 Å². The van der Waals surface area contributed by atoms with Gasteiger partial charge in [-0.2, -0.15) is 5.26 Å². The maximum absolute atomic E-state index is 8.77. The Labute approximate surface area is 89.1 Å². The van der Waals surface area contributed by atoms with Crippen molar-refractivity contribution in [1.29, 1.82) is 5.26 Å². The van der Waals surface area contributed by atoms with Crippen LogP contribution >= 0.6 is 0 Å². The molecule has 0 atom stereocenters. The molecule has 4 nitrogen and oxygen atoms in total. The number of rotatable bonds is 2. The topological polar surface area (TPSA) is 74.7 Å². The van der Waals surface area contributed by atoms with Crippen LogP contribution in [0, 0.1) is 17.2 Å². The van der Waals surface area contributed by atoms with E-state index in [2.05, 4.69) is 17.2 Å². The third kappa shape index (κ3) is 2.01. The van der Waals surface area contributed by atoms with Crippen LogP contribution in [0.3, 0.4) is 0 Å². The number of hydrogen-bond acceptors (Lipinski definition) is 4. The Balaban J connectivity index is 2.06. The number of nitrogens with zero attached hydrogens (tertiary/aromatic N) is 2. The summed E-state index contributed by atoms with van der Waals surface area (Å²) in [5.41, 5.74) is 6.32. The van der Waals surface area contributed by atoms with E-state index in [-0.39, 0.29) is 0 Å². The lowest BCUT2D eigenvalue weighted by atomic mass is 9.82. The van der Waals surface area contributed by atoms with Gasteiger partial charge in [0.2, 0.25) is 0 Å². The Kier molecular flexibility index (Phi) is 2.46. The molecule has 0 radical (unpaired) electrons. The second-order valence-corrected chi connectivity index (χ2v) is 4.16. The van der Waals surface area contributed by atoms with E-state index in [1.807, 2.05) is 12.1 Å². The van der Waals surface area contributed by atoms with Crippen LogP contribution < -0.4 is 11.1 Å². The summed E-state index contributed by atoms with van der Waals surface area (Å²) < 4.78 is 0. The molecule has 1 aromatic rings. The molecule has 0 bridgehead atoms. The van der Waals surface area contributed by atoms with Crippen molar-refractivity contribution < 1.29 is 0 Å². The fourth-order valence-corrected chi connectivity index (χ4v) is 1.87. The zero-order valence-electron chi connectivity index (χ0n) is 8.70. The minimum Gasteiger partial charge on any atom is -0.396 e. The average Bonchev–Trinajstić information content (AvgIpc) is 2.18. The number of nitriles is 1. The molecular weight excluding hydrogens is 188 g/mol. The highest BCUT2D eigenvalue weighted by Gasteiger charge is 2.25. The van der Waals surface area contributed by atoms with Crippen molar-refractivity contribution in [3.05, 3.63) is 17.8 Å². The van der Waals surface area contributed by atoms with Crippen LogP contribution in [-0.2, 0) is 0 Å². The minimum absolute atomic E-state index is 0.298. The second-order valence-electron chi connectivity index (χ2n) is 4.16. The Morgan fingerprint density at radius 1 is 1.53 bits per heavy atom. The van der Waals surface area contributed by atoms with Crippen LogP contribution in [0.2, 0.25) is 0 Å². The fourth-order valence-electron chi connectivity index (χ4n) is 1.87. The highest BCUT2D eigenvalue weighted by Crippen LogP contribution is 2.29. The van der Waals surface area contributed by atoms with E-state index in [0.717, 1.165) is 11.7 Å². The summed E-state index contributed by atoms with van der Waals surface area (Å²) in [5.74, 6) is 1.55. The van der Waals surface area contributed by atoms with Gasteiger partial charge >= 0.3 is 0 Å². The van der Waals surface area contributed by atoms with E-state index in [0.29, 0.717) is 17.4 Å². The van der Waals surface area contributed by atoms with Crippen LogP contribution in [0.25, 0.3) is 0 Å². The summed E-state index contributed by atoms with van der Waals surface area (Å²) in [6, 6.07) is 6.02. The molecule has 0 aromatic carbocycles. The molecule has 2 rings (SSSR count). The van der Waals surface area contributed by atoms with Gasteiger partial charge in [-0.3, -0.25) is 0 Å². The van der Waals surface area contributed by atoms with E-state index >= 15 is 0 Å². The molecule has 1 heterocycles. The van der Waals surface area contributed by atoms with Gasteiger partial charge in [0.05, 0.1) is 5.69 Å². The molecule has 0 spiro atoms. The lowest BCUT2D eigenvalue weighted by molar-refractivity contribution is 0.308. The summed E-state index contributed by atoms with van der Waals surface area (Å²) in [4.78, 5) is 4.14. The molecule has 0 aliphatic heterocycles. The molecule has 0 saturated heterocycles. The van der Waals surface area contributed by atoms with Crippen LogP contribution in [-0.4, -0.2) is 11.0 Å². The summed E-state index contributed by atoms with van der Waals surface area (Å²) >= 11 is 0. The Morgan fingerprint density at radius 3 is 2.87 bits per heavy atom. The SMILES string of the molecule is CC1CC(Nc2ccc(N)c(C#N)n2)C1. The minimum atomic E-state index is 0.298.